The van der Waals surface area contributed by atoms with Crippen LogP contribution in [-0.2, 0) is 14.3 Å². The van der Waals surface area contributed by atoms with Crippen LogP contribution in [-0.4, -0.2) is 64.4 Å². The van der Waals surface area contributed by atoms with Crippen LogP contribution in [0.25, 0.3) is 0 Å². The summed E-state index contributed by atoms with van der Waals surface area (Å²) < 4.78 is 5.35. The van der Waals surface area contributed by atoms with Crippen molar-refractivity contribution in [3.05, 3.63) is 0 Å². The quantitative estimate of drug-likeness (QED) is 0.532. The van der Waals surface area contributed by atoms with Crippen molar-refractivity contribution < 1.29 is 29.3 Å². The number of aliphatic hydroxyl groups excluding tert-OH is 1. The molecule has 2 saturated carbocycles. The van der Waals surface area contributed by atoms with Crippen molar-refractivity contribution in [1.29, 1.82) is 0 Å². The van der Waals surface area contributed by atoms with Gasteiger partial charge in [-0.05, 0) is 89.4 Å². The van der Waals surface area contributed by atoms with Gasteiger partial charge >= 0.3 is 12.1 Å². The number of carbonyl (C=O) groups is 3. The van der Waals surface area contributed by atoms with Crippen molar-refractivity contribution in [2.24, 2.45) is 29.6 Å². The van der Waals surface area contributed by atoms with Gasteiger partial charge in [-0.25, -0.2) is 4.79 Å². The number of hydrogen-bond donors (Lipinski definition) is 3. The van der Waals surface area contributed by atoms with E-state index in [1.807, 2.05) is 25.7 Å². The van der Waals surface area contributed by atoms with Crippen molar-refractivity contribution in [1.82, 2.24) is 10.2 Å². The predicted octanol–water partition coefficient (Wildman–Crippen LogP) is 3.81. The minimum atomic E-state index is -0.940. The number of aliphatic carboxylic acids is 1. The number of carboxylic acids is 1. The molecule has 2 amide bonds. The van der Waals surface area contributed by atoms with Gasteiger partial charge in [0.25, 0.3) is 0 Å². The van der Waals surface area contributed by atoms with Crippen LogP contribution in [0.2, 0.25) is 0 Å². The molecule has 3 fully saturated rings. The van der Waals surface area contributed by atoms with Gasteiger partial charge in [-0.1, -0.05) is 12.8 Å². The number of nitrogens with zero attached hydrogens (tertiary/aromatic N) is 1. The molecule has 0 radical (unpaired) electrons. The van der Waals surface area contributed by atoms with E-state index in [0.29, 0.717) is 50.0 Å². The Morgan fingerprint density at radius 3 is 2.26 bits per heavy atom. The first-order chi connectivity index (χ1) is 16.0. The number of rotatable bonds is 6. The molecule has 5 unspecified atom stereocenters. The molecule has 0 bridgehead atoms. The second kappa shape index (κ2) is 11.7. The normalized spacial score (nSPS) is 31.1. The molecule has 1 aliphatic heterocycles. The lowest BCUT2D eigenvalue weighted by atomic mass is 9.72. The van der Waals surface area contributed by atoms with E-state index in [0.717, 1.165) is 38.8 Å². The summed E-state index contributed by atoms with van der Waals surface area (Å²) in [5.74, 6) is 0.350. The smallest absolute Gasteiger partial charge is 0.407 e. The molecule has 5 atom stereocenters. The Morgan fingerprint density at radius 1 is 0.941 bits per heavy atom. The number of carbonyl (C=O) groups excluding carboxylic acids is 2. The van der Waals surface area contributed by atoms with Crippen LogP contribution in [0.3, 0.4) is 0 Å². The molecule has 8 heteroatoms. The Bertz CT molecular complexity index is 713. The second-order valence-electron chi connectivity index (χ2n) is 11.8. The number of piperidine rings is 1. The van der Waals surface area contributed by atoms with Crippen molar-refractivity contribution in [2.45, 2.75) is 96.7 Å². The van der Waals surface area contributed by atoms with Gasteiger partial charge in [-0.15, -0.1) is 0 Å². The van der Waals surface area contributed by atoms with Gasteiger partial charge in [0.05, 0.1) is 12.0 Å². The van der Waals surface area contributed by atoms with E-state index in [4.69, 9.17) is 9.84 Å². The molecule has 34 heavy (non-hydrogen) atoms. The van der Waals surface area contributed by atoms with E-state index in [2.05, 4.69) is 5.32 Å². The monoisotopic (exact) mass is 480 g/mol. The molecule has 0 aromatic heterocycles. The number of carboxylic acid groups (broad SMARTS) is 1. The van der Waals surface area contributed by atoms with E-state index >= 15 is 0 Å². The molecule has 0 spiro atoms. The van der Waals surface area contributed by atoms with E-state index in [9.17, 15) is 19.5 Å². The highest BCUT2D eigenvalue weighted by molar-refractivity contribution is 5.76. The molecular weight excluding hydrogens is 436 g/mol. The molecule has 1 heterocycles. The fraction of sp³-hybridized carbons (Fsp3) is 0.885. The average Bonchev–Trinajstić information content (AvgIpc) is 2.76. The first-order valence-electron chi connectivity index (χ1n) is 13.2. The van der Waals surface area contributed by atoms with Crippen molar-refractivity contribution >= 4 is 18.0 Å². The van der Waals surface area contributed by atoms with Crippen LogP contribution in [0, 0.1) is 29.6 Å². The van der Waals surface area contributed by atoms with Crippen LogP contribution in [0.4, 0.5) is 4.79 Å². The summed E-state index contributed by atoms with van der Waals surface area (Å²) in [6.45, 7) is 7.84. The summed E-state index contributed by atoms with van der Waals surface area (Å²) in [5, 5.41) is 22.2. The highest BCUT2D eigenvalue weighted by atomic mass is 16.6. The van der Waals surface area contributed by atoms with Gasteiger partial charge in [0, 0.05) is 26.1 Å². The molecule has 3 N–H and O–H groups in total. The Kier molecular flexibility index (Phi) is 9.24. The number of likely N-dealkylation sites (tertiary alicyclic amines) is 1. The third-order valence-corrected chi connectivity index (χ3v) is 8.02. The third kappa shape index (κ3) is 7.85. The largest absolute Gasteiger partial charge is 0.481 e. The van der Waals surface area contributed by atoms with E-state index in [1.54, 1.807) is 0 Å². The molecule has 2 aliphatic carbocycles. The Morgan fingerprint density at radius 2 is 1.65 bits per heavy atom. The Labute approximate surface area is 203 Å². The topological polar surface area (TPSA) is 116 Å². The molecule has 0 aromatic carbocycles. The first-order valence-corrected chi connectivity index (χ1v) is 13.2. The molecular formula is C26H44N2O6. The van der Waals surface area contributed by atoms with Crippen molar-refractivity contribution in [2.75, 3.05) is 19.6 Å². The number of ether oxygens (including phenoxy) is 1. The summed E-state index contributed by atoms with van der Waals surface area (Å²) in [6, 6.07) is 0. The van der Waals surface area contributed by atoms with Crippen LogP contribution in [0.1, 0.15) is 85.0 Å². The summed E-state index contributed by atoms with van der Waals surface area (Å²) in [5.41, 5.74) is -0.484. The van der Waals surface area contributed by atoms with Crippen LogP contribution in [0.5, 0.6) is 0 Å². The molecule has 8 nitrogen and oxygen atoms in total. The maximum atomic E-state index is 12.8. The van der Waals surface area contributed by atoms with Gasteiger partial charge in [0.1, 0.15) is 5.60 Å². The molecule has 3 aliphatic rings. The van der Waals surface area contributed by atoms with Gasteiger partial charge in [0.15, 0.2) is 0 Å². The molecule has 0 aromatic rings. The fourth-order valence-electron chi connectivity index (χ4n) is 6.19. The Hall–Kier alpha value is -1.83. The van der Waals surface area contributed by atoms with Gasteiger partial charge in [-0.2, -0.15) is 0 Å². The number of hydrogen-bond acceptors (Lipinski definition) is 5. The summed E-state index contributed by atoms with van der Waals surface area (Å²) in [7, 11) is 0. The van der Waals surface area contributed by atoms with Gasteiger partial charge in [-0.3, -0.25) is 9.59 Å². The second-order valence-corrected chi connectivity index (χ2v) is 11.8. The zero-order valence-corrected chi connectivity index (χ0v) is 21.1. The first kappa shape index (κ1) is 26.8. The van der Waals surface area contributed by atoms with Gasteiger partial charge in [0.2, 0.25) is 5.91 Å². The highest BCUT2D eigenvalue weighted by Gasteiger charge is 2.36. The molecule has 1 saturated heterocycles. The van der Waals surface area contributed by atoms with E-state index in [1.165, 1.54) is 12.8 Å². The van der Waals surface area contributed by atoms with E-state index < -0.39 is 23.6 Å². The summed E-state index contributed by atoms with van der Waals surface area (Å²) in [4.78, 5) is 38.0. The predicted molar refractivity (Wildman–Crippen MR) is 128 cm³/mol. The lowest BCUT2D eigenvalue weighted by Crippen LogP contribution is -2.43. The molecule has 3 rings (SSSR count). The summed E-state index contributed by atoms with van der Waals surface area (Å²) >= 11 is 0. The zero-order chi connectivity index (χ0) is 24.9. The van der Waals surface area contributed by atoms with Crippen LogP contribution >= 0.6 is 0 Å². The minimum absolute atomic E-state index is 0.0763. The highest BCUT2D eigenvalue weighted by Crippen LogP contribution is 2.38. The number of amides is 2. The molecule has 194 valence electrons. The SMILES string of the molecule is CC(C)(C)OC(=O)NCC1CCCC(C2CCN(C(=O)CC3CCC(C(=O)O)C(O)C3)CC2)C1. The summed E-state index contributed by atoms with van der Waals surface area (Å²) in [6.07, 6.45) is 7.49. The number of nitrogens with one attached hydrogen (secondary N) is 1. The minimum Gasteiger partial charge on any atom is -0.481 e. The fourth-order valence-corrected chi connectivity index (χ4v) is 6.19. The third-order valence-electron chi connectivity index (χ3n) is 8.02. The number of alkyl carbamates (subject to hydrolysis) is 1. The number of aliphatic hydroxyl groups is 1. The maximum absolute atomic E-state index is 12.8. The maximum Gasteiger partial charge on any atom is 0.407 e. The van der Waals surface area contributed by atoms with Crippen molar-refractivity contribution in [3.63, 3.8) is 0 Å². The zero-order valence-electron chi connectivity index (χ0n) is 21.1. The Balaban J connectivity index is 1.38. The van der Waals surface area contributed by atoms with E-state index in [-0.39, 0.29) is 17.9 Å². The standard InChI is InChI=1S/C26H44N2O6/c1-26(2,3)34-25(33)27-16-18-5-4-6-20(13-18)19-9-11-28(12-10-19)23(30)15-17-7-8-21(24(31)32)22(29)14-17/h17-22,29H,4-16H2,1-3H3,(H,27,33)(H,31,32). The lowest BCUT2D eigenvalue weighted by molar-refractivity contribution is -0.148. The van der Waals surface area contributed by atoms with Crippen LogP contribution < -0.4 is 5.32 Å². The van der Waals surface area contributed by atoms with Crippen molar-refractivity contribution in [3.8, 4) is 0 Å². The average molecular weight is 481 g/mol. The lowest BCUT2D eigenvalue weighted by Gasteiger charge is -2.40. The van der Waals surface area contributed by atoms with Crippen LogP contribution in [0.15, 0.2) is 0 Å². The van der Waals surface area contributed by atoms with Gasteiger partial charge < -0.3 is 25.2 Å².